The number of halogens is 4. The van der Waals surface area contributed by atoms with Crippen molar-refractivity contribution in [2.75, 3.05) is 13.2 Å². The highest BCUT2D eigenvalue weighted by molar-refractivity contribution is 5.97. The van der Waals surface area contributed by atoms with E-state index in [9.17, 15) is 32.5 Å². The molecular weight excluding hydrogens is 286 g/mol. The molecule has 0 aromatic heterocycles. The summed E-state index contributed by atoms with van der Waals surface area (Å²) in [6.45, 7) is -2.40. The molecule has 1 rings (SSSR count). The number of rotatable bonds is 7. The zero-order valence-corrected chi connectivity index (χ0v) is 9.89. The Morgan fingerprint density at radius 3 is 2.30 bits per heavy atom. The van der Waals surface area contributed by atoms with Gasteiger partial charge in [-0.15, -0.1) is 0 Å². The van der Waals surface area contributed by atoms with Gasteiger partial charge in [0.25, 0.3) is 5.69 Å². The minimum Gasteiger partial charge on any atom is -0.367 e. The van der Waals surface area contributed by atoms with Gasteiger partial charge in [0.1, 0.15) is 13.2 Å². The minimum atomic E-state index is -4.32. The van der Waals surface area contributed by atoms with Crippen LogP contribution >= 0.6 is 0 Å². The molecule has 9 heteroatoms. The van der Waals surface area contributed by atoms with E-state index in [2.05, 4.69) is 4.74 Å². The Kier molecular flexibility index (Phi) is 5.14. The first kappa shape index (κ1) is 16.0. The fraction of sp³-hybridized carbons (Fsp3) is 0.364. The van der Waals surface area contributed by atoms with Gasteiger partial charge in [-0.25, -0.2) is 8.78 Å². The summed E-state index contributed by atoms with van der Waals surface area (Å²) < 4.78 is 52.8. The number of ketones is 1. The summed E-state index contributed by atoms with van der Waals surface area (Å²) in [6, 6.07) is 4.35. The first-order chi connectivity index (χ1) is 9.24. The molecule has 0 heterocycles. The first-order valence-electron chi connectivity index (χ1n) is 5.25. The third-order valence-electron chi connectivity index (χ3n) is 2.25. The smallest absolute Gasteiger partial charge is 0.330 e. The number of nitro benzene ring substituents is 1. The monoisotopic (exact) mass is 295 g/mol. The van der Waals surface area contributed by atoms with E-state index < -0.39 is 36.3 Å². The molecule has 0 spiro atoms. The van der Waals surface area contributed by atoms with E-state index in [1.54, 1.807) is 0 Å². The molecule has 0 atom stereocenters. The van der Waals surface area contributed by atoms with Gasteiger partial charge >= 0.3 is 12.3 Å². The van der Waals surface area contributed by atoms with Gasteiger partial charge < -0.3 is 4.74 Å². The maximum atomic E-state index is 12.5. The number of hydrogen-bond acceptors (Lipinski definition) is 4. The molecule has 0 aliphatic heterocycles. The van der Waals surface area contributed by atoms with Gasteiger partial charge in [-0.3, -0.25) is 14.9 Å². The highest BCUT2D eigenvalue weighted by Crippen LogP contribution is 2.23. The molecule has 0 saturated heterocycles. The number of ether oxygens (including phenoxy) is 1. The lowest BCUT2D eigenvalue weighted by molar-refractivity contribution is -0.384. The fourth-order valence-corrected chi connectivity index (χ4v) is 1.20. The maximum absolute atomic E-state index is 12.5. The van der Waals surface area contributed by atoms with Crippen molar-refractivity contribution in [1.82, 2.24) is 0 Å². The van der Waals surface area contributed by atoms with Gasteiger partial charge in [-0.2, -0.15) is 8.78 Å². The van der Waals surface area contributed by atoms with Crippen LogP contribution in [-0.2, 0) is 4.74 Å². The summed E-state index contributed by atoms with van der Waals surface area (Å²) in [6.07, 6.45) is -3.88. The molecular formula is C11H9F4NO4. The van der Waals surface area contributed by atoms with Crippen LogP contribution in [0.5, 0.6) is 0 Å². The van der Waals surface area contributed by atoms with Gasteiger partial charge in [0.15, 0.2) is 5.78 Å². The van der Waals surface area contributed by atoms with Gasteiger partial charge in [0.2, 0.25) is 0 Å². The lowest BCUT2D eigenvalue weighted by atomic mass is 10.1. The van der Waals surface area contributed by atoms with Gasteiger partial charge in [0.05, 0.1) is 4.92 Å². The van der Waals surface area contributed by atoms with Crippen LogP contribution in [0.3, 0.4) is 0 Å². The summed E-state index contributed by atoms with van der Waals surface area (Å²) in [7, 11) is 0. The number of carbonyl (C=O) groups is 1. The summed E-state index contributed by atoms with van der Waals surface area (Å²) in [5, 5.41) is 10.4. The van der Waals surface area contributed by atoms with Crippen molar-refractivity contribution in [3.8, 4) is 0 Å². The van der Waals surface area contributed by atoms with E-state index in [1.807, 2.05) is 0 Å². The Morgan fingerprint density at radius 1 is 1.30 bits per heavy atom. The highest BCUT2D eigenvalue weighted by Gasteiger charge is 2.41. The Hall–Kier alpha value is -2.03. The second-order valence-corrected chi connectivity index (χ2v) is 3.78. The van der Waals surface area contributed by atoms with Crippen molar-refractivity contribution < 1.29 is 32.0 Å². The van der Waals surface area contributed by atoms with Crippen LogP contribution in [-0.4, -0.2) is 36.3 Å². The number of nitro groups is 1. The standard InChI is InChI=1S/C11H9F4NO4/c12-10(13)11(14,15)6-20-5-9(17)7-1-3-8(4-2-7)16(18)19/h1-4,10H,5-6H2. The van der Waals surface area contributed by atoms with Crippen molar-refractivity contribution in [1.29, 1.82) is 0 Å². The Labute approximate surface area is 110 Å². The van der Waals surface area contributed by atoms with Crippen molar-refractivity contribution in [3.63, 3.8) is 0 Å². The molecule has 5 nitrogen and oxygen atoms in total. The molecule has 0 radical (unpaired) electrons. The van der Waals surface area contributed by atoms with Crippen LogP contribution in [0.2, 0.25) is 0 Å². The number of nitrogens with zero attached hydrogens (tertiary/aromatic N) is 1. The largest absolute Gasteiger partial charge is 0.367 e. The SMILES string of the molecule is O=C(COCC(F)(F)C(F)F)c1ccc([N+](=O)[O-])cc1. The number of non-ortho nitro benzene ring substituents is 1. The lowest BCUT2D eigenvalue weighted by Gasteiger charge is -2.14. The molecule has 0 fully saturated rings. The molecule has 0 saturated carbocycles. The number of carbonyl (C=O) groups excluding carboxylic acids is 1. The molecule has 1 aromatic carbocycles. The Morgan fingerprint density at radius 2 is 1.85 bits per heavy atom. The van der Waals surface area contributed by atoms with Crippen molar-refractivity contribution in [2.24, 2.45) is 0 Å². The second-order valence-electron chi connectivity index (χ2n) is 3.78. The van der Waals surface area contributed by atoms with Crippen molar-refractivity contribution in [2.45, 2.75) is 12.3 Å². The molecule has 0 N–H and O–H groups in total. The minimum absolute atomic E-state index is 0.00374. The van der Waals surface area contributed by atoms with Crippen molar-refractivity contribution >= 4 is 11.5 Å². The Balaban J connectivity index is 2.53. The van der Waals surface area contributed by atoms with E-state index in [0.717, 1.165) is 24.3 Å². The molecule has 0 aliphatic rings. The van der Waals surface area contributed by atoms with Crippen LogP contribution in [0.1, 0.15) is 10.4 Å². The normalized spacial score (nSPS) is 11.7. The second kappa shape index (κ2) is 6.42. The third kappa shape index (κ3) is 4.26. The van der Waals surface area contributed by atoms with E-state index in [4.69, 9.17) is 0 Å². The summed E-state index contributed by atoms with van der Waals surface area (Å²) in [5.74, 6) is -5.07. The molecule has 110 valence electrons. The number of Topliss-reactive ketones (excluding diaryl/α,β-unsaturated/α-hetero) is 1. The number of hydrogen-bond donors (Lipinski definition) is 0. The summed E-state index contributed by atoms with van der Waals surface area (Å²) >= 11 is 0. The summed E-state index contributed by atoms with van der Waals surface area (Å²) in [5.41, 5.74) is -0.248. The van der Waals surface area contributed by atoms with Crippen LogP contribution in [0, 0.1) is 10.1 Å². The quantitative estimate of drug-likeness (QED) is 0.335. The van der Waals surface area contributed by atoms with Crippen LogP contribution in [0.4, 0.5) is 23.2 Å². The topological polar surface area (TPSA) is 69.4 Å². The van der Waals surface area contributed by atoms with E-state index in [-0.39, 0.29) is 11.3 Å². The fourth-order valence-electron chi connectivity index (χ4n) is 1.20. The predicted molar refractivity (Wildman–Crippen MR) is 59.2 cm³/mol. The van der Waals surface area contributed by atoms with Crippen LogP contribution in [0.15, 0.2) is 24.3 Å². The van der Waals surface area contributed by atoms with E-state index >= 15 is 0 Å². The van der Waals surface area contributed by atoms with Gasteiger partial charge in [0, 0.05) is 17.7 Å². The number of alkyl halides is 4. The van der Waals surface area contributed by atoms with Crippen LogP contribution in [0.25, 0.3) is 0 Å². The summed E-state index contributed by atoms with van der Waals surface area (Å²) in [4.78, 5) is 21.2. The Bertz CT molecular complexity index is 490. The van der Waals surface area contributed by atoms with Gasteiger partial charge in [-0.1, -0.05) is 0 Å². The van der Waals surface area contributed by atoms with Crippen LogP contribution < -0.4 is 0 Å². The first-order valence-corrected chi connectivity index (χ1v) is 5.25. The van der Waals surface area contributed by atoms with Crippen molar-refractivity contribution in [3.05, 3.63) is 39.9 Å². The zero-order valence-electron chi connectivity index (χ0n) is 9.89. The average Bonchev–Trinajstić information content (AvgIpc) is 2.38. The molecule has 0 amide bonds. The van der Waals surface area contributed by atoms with E-state index in [0.29, 0.717) is 0 Å². The number of benzene rings is 1. The molecule has 0 aliphatic carbocycles. The maximum Gasteiger partial charge on any atom is 0.330 e. The lowest BCUT2D eigenvalue weighted by Crippen LogP contribution is -2.33. The highest BCUT2D eigenvalue weighted by atomic mass is 19.3. The molecule has 20 heavy (non-hydrogen) atoms. The predicted octanol–water partition coefficient (Wildman–Crippen LogP) is 2.69. The van der Waals surface area contributed by atoms with E-state index in [1.165, 1.54) is 0 Å². The molecule has 0 bridgehead atoms. The third-order valence-corrected chi connectivity index (χ3v) is 2.25. The van der Waals surface area contributed by atoms with Gasteiger partial charge in [-0.05, 0) is 12.1 Å². The molecule has 1 aromatic rings. The molecule has 0 unspecified atom stereocenters. The zero-order chi connectivity index (χ0) is 15.3. The average molecular weight is 295 g/mol.